The summed E-state index contributed by atoms with van der Waals surface area (Å²) in [6, 6.07) is 0. The van der Waals surface area contributed by atoms with Crippen LogP contribution in [0.15, 0.2) is 0 Å². The van der Waals surface area contributed by atoms with Crippen LogP contribution in [0.25, 0.3) is 0 Å². The van der Waals surface area contributed by atoms with E-state index >= 15 is 0 Å². The van der Waals surface area contributed by atoms with E-state index in [1.165, 1.54) is 19.3 Å². The fourth-order valence-corrected chi connectivity index (χ4v) is 0.687. The first-order chi connectivity index (χ1) is 4.00. The van der Waals surface area contributed by atoms with E-state index in [9.17, 15) is 0 Å². The molecule has 0 bridgehead atoms. The summed E-state index contributed by atoms with van der Waals surface area (Å²) >= 11 is 0. The van der Waals surface area contributed by atoms with Gasteiger partial charge in [-0.25, -0.2) is 0 Å². The second-order valence-electron chi connectivity index (χ2n) is 1.67. The first-order valence-electron chi connectivity index (χ1n) is 2.91. The van der Waals surface area contributed by atoms with Gasteiger partial charge in [-0.15, -0.1) is 0 Å². The van der Waals surface area contributed by atoms with E-state index in [-0.39, 0.29) is 0 Å². The normalized spacial score (nSPS) is 18.8. The standard InChI is InChI=1S/C5H10O.H4N2/c1-2-4-6-5-3-1;1-2/h1-5H2;1-2H2. The molecule has 1 heterocycles. The molecule has 0 spiro atoms. The number of hydrogen-bond acceptors (Lipinski definition) is 3. The van der Waals surface area contributed by atoms with Gasteiger partial charge in [-0.3, -0.25) is 11.7 Å². The molecule has 1 aliphatic rings. The van der Waals surface area contributed by atoms with Crippen molar-refractivity contribution in [3.63, 3.8) is 0 Å². The van der Waals surface area contributed by atoms with Crippen molar-refractivity contribution in [2.45, 2.75) is 19.3 Å². The lowest BCUT2D eigenvalue weighted by Crippen LogP contribution is -2.03. The van der Waals surface area contributed by atoms with Crippen LogP contribution in [0.1, 0.15) is 19.3 Å². The van der Waals surface area contributed by atoms with Crippen molar-refractivity contribution >= 4 is 0 Å². The molecule has 0 radical (unpaired) electrons. The zero-order valence-corrected chi connectivity index (χ0v) is 5.10. The molecule has 0 aromatic heterocycles. The molecular formula is C5H14N2O. The molecule has 3 nitrogen and oxygen atoms in total. The first-order valence-corrected chi connectivity index (χ1v) is 2.91. The summed E-state index contributed by atoms with van der Waals surface area (Å²) in [5.41, 5.74) is 0. The average Bonchev–Trinajstić information content (AvgIpc) is 1.96. The molecule has 1 rings (SSSR count). The quantitative estimate of drug-likeness (QED) is 0.348. The third-order valence-corrected chi connectivity index (χ3v) is 1.08. The van der Waals surface area contributed by atoms with Gasteiger partial charge in [-0.05, 0) is 19.3 Å². The third-order valence-electron chi connectivity index (χ3n) is 1.08. The number of hydrogen-bond donors (Lipinski definition) is 2. The fraction of sp³-hybridized carbons (Fsp3) is 1.00. The van der Waals surface area contributed by atoms with Crippen molar-refractivity contribution in [3.8, 4) is 0 Å². The monoisotopic (exact) mass is 118 g/mol. The summed E-state index contributed by atoms with van der Waals surface area (Å²) in [4.78, 5) is 0. The van der Waals surface area contributed by atoms with Crippen molar-refractivity contribution in [2.24, 2.45) is 11.7 Å². The summed E-state index contributed by atoms with van der Waals surface area (Å²) in [6.45, 7) is 2.00. The maximum absolute atomic E-state index is 5.07. The minimum Gasteiger partial charge on any atom is -0.381 e. The average molecular weight is 118 g/mol. The van der Waals surface area contributed by atoms with Gasteiger partial charge in [0.15, 0.2) is 0 Å². The van der Waals surface area contributed by atoms with Crippen LogP contribution in [-0.2, 0) is 4.74 Å². The SMILES string of the molecule is C1CCOCC1.NN. The van der Waals surface area contributed by atoms with E-state index in [1.807, 2.05) is 0 Å². The van der Waals surface area contributed by atoms with Crippen LogP contribution in [-0.4, -0.2) is 13.2 Å². The van der Waals surface area contributed by atoms with Gasteiger partial charge in [0.25, 0.3) is 0 Å². The van der Waals surface area contributed by atoms with E-state index in [2.05, 4.69) is 11.7 Å². The van der Waals surface area contributed by atoms with Crippen LogP contribution in [0.4, 0.5) is 0 Å². The molecule has 0 aromatic rings. The highest BCUT2D eigenvalue weighted by molar-refractivity contribution is 4.45. The Labute approximate surface area is 50.0 Å². The number of hydrazine groups is 1. The second kappa shape index (κ2) is 6.88. The van der Waals surface area contributed by atoms with Gasteiger partial charge in [0.05, 0.1) is 0 Å². The first kappa shape index (κ1) is 7.88. The third kappa shape index (κ3) is 4.05. The lowest BCUT2D eigenvalue weighted by Gasteiger charge is -2.08. The highest BCUT2D eigenvalue weighted by Gasteiger charge is 1.94. The zero-order valence-electron chi connectivity index (χ0n) is 5.10. The van der Waals surface area contributed by atoms with Crippen molar-refractivity contribution in [3.05, 3.63) is 0 Å². The Bertz CT molecular complexity index is 25.9. The zero-order chi connectivity index (χ0) is 6.24. The Kier molecular flexibility index (Phi) is 6.78. The summed E-state index contributed by atoms with van der Waals surface area (Å²) in [5, 5.41) is 0. The maximum Gasteiger partial charge on any atom is 0.0466 e. The van der Waals surface area contributed by atoms with Gasteiger partial charge in [-0.1, -0.05) is 0 Å². The molecule has 0 aromatic carbocycles. The molecule has 50 valence electrons. The molecule has 0 atom stereocenters. The minimum atomic E-state index is 1.00. The predicted octanol–water partition coefficient (Wildman–Crippen LogP) is 0.00570. The molecule has 3 heteroatoms. The molecule has 4 N–H and O–H groups in total. The molecule has 8 heavy (non-hydrogen) atoms. The van der Waals surface area contributed by atoms with E-state index in [4.69, 9.17) is 4.74 Å². The van der Waals surface area contributed by atoms with E-state index in [0.717, 1.165) is 13.2 Å². The van der Waals surface area contributed by atoms with Gasteiger partial charge < -0.3 is 4.74 Å². The van der Waals surface area contributed by atoms with Crippen molar-refractivity contribution in [1.29, 1.82) is 0 Å². The predicted molar refractivity (Wildman–Crippen MR) is 33.0 cm³/mol. The summed E-state index contributed by atoms with van der Waals surface area (Å²) in [7, 11) is 0. The second-order valence-corrected chi connectivity index (χ2v) is 1.67. The largest absolute Gasteiger partial charge is 0.381 e. The van der Waals surface area contributed by atoms with Crippen LogP contribution in [0, 0.1) is 0 Å². The number of nitrogens with two attached hydrogens (primary N) is 2. The van der Waals surface area contributed by atoms with Gasteiger partial charge in [0.2, 0.25) is 0 Å². The van der Waals surface area contributed by atoms with Crippen LogP contribution in [0.3, 0.4) is 0 Å². The van der Waals surface area contributed by atoms with E-state index < -0.39 is 0 Å². The Morgan fingerprint density at radius 2 is 1.38 bits per heavy atom. The molecule has 0 amide bonds. The highest BCUT2D eigenvalue weighted by Crippen LogP contribution is 2.01. The number of ether oxygens (including phenoxy) is 1. The Morgan fingerprint density at radius 3 is 1.50 bits per heavy atom. The van der Waals surface area contributed by atoms with Crippen LogP contribution < -0.4 is 11.7 Å². The van der Waals surface area contributed by atoms with Gasteiger partial charge >= 0.3 is 0 Å². The maximum atomic E-state index is 5.07. The van der Waals surface area contributed by atoms with Gasteiger partial charge in [0.1, 0.15) is 0 Å². The Balaban J connectivity index is 0.000000222. The Morgan fingerprint density at radius 1 is 0.875 bits per heavy atom. The summed E-state index contributed by atoms with van der Waals surface area (Å²) in [6.07, 6.45) is 3.93. The molecule has 1 fully saturated rings. The lowest BCUT2D eigenvalue weighted by molar-refractivity contribution is 0.0968. The summed E-state index contributed by atoms with van der Waals surface area (Å²) in [5.74, 6) is 8.00. The molecule has 1 saturated heterocycles. The van der Waals surface area contributed by atoms with E-state index in [1.54, 1.807) is 0 Å². The Hall–Kier alpha value is -0.120. The molecule has 1 aliphatic heterocycles. The molecule has 0 aliphatic carbocycles. The fourth-order valence-electron chi connectivity index (χ4n) is 0.687. The van der Waals surface area contributed by atoms with E-state index in [0.29, 0.717) is 0 Å². The molecular weight excluding hydrogens is 104 g/mol. The molecule has 0 saturated carbocycles. The van der Waals surface area contributed by atoms with Crippen LogP contribution >= 0.6 is 0 Å². The van der Waals surface area contributed by atoms with Crippen LogP contribution in [0.2, 0.25) is 0 Å². The topological polar surface area (TPSA) is 61.3 Å². The van der Waals surface area contributed by atoms with Crippen LogP contribution in [0.5, 0.6) is 0 Å². The smallest absolute Gasteiger partial charge is 0.0466 e. The van der Waals surface area contributed by atoms with Crippen molar-refractivity contribution in [1.82, 2.24) is 0 Å². The van der Waals surface area contributed by atoms with Gasteiger partial charge in [-0.2, -0.15) is 0 Å². The van der Waals surface area contributed by atoms with Gasteiger partial charge in [0, 0.05) is 13.2 Å². The lowest BCUT2D eigenvalue weighted by atomic mass is 10.2. The number of rotatable bonds is 0. The minimum absolute atomic E-state index is 1.00. The summed E-state index contributed by atoms with van der Waals surface area (Å²) < 4.78 is 5.07. The molecule has 0 unspecified atom stereocenters. The highest BCUT2D eigenvalue weighted by atomic mass is 16.5. The van der Waals surface area contributed by atoms with Crippen molar-refractivity contribution in [2.75, 3.05) is 13.2 Å². The van der Waals surface area contributed by atoms with Crippen molar-refractivity contribution < 1.29 is 4.74 Å².